The molecule has 12 rings (SSSR count). The van der Waals surface area contributed by atoms with E-state index < -0.39 is 52.5 Å². The van der Waals surface area contributed by atoms with Crippen molar-refractivity contribution in [1.29, 1.82) is 15.8 Å². The molecule has 0 amide bonds. The van der Waals surface area contributed by atoms with E-state index in [4.69, 9.17) is 87.7 Å². The molecule has 0 bridgehead atoms. The van der Waals surface area contributed by atoms with Crippen LogP contribution in [0.5, 0.6) is 69.0 Å². The highest BCUT2D eigenvalue weighted by Gasteiger charge is 2.40. The molecule has 728 valence electrons. The number of benzene rings is 12. The van der Waals surface area contributed by atoms with Gasteiger partial charge in [-0.3, -0.25) is 0 Å². The second-order valence-electron chi connectivity index (χ2n) is 33.9. The van der Waals surface area contributed by atoms with E-state index in [1.165, 1.54) is 127 Å². The Morgan fingerprint density at radius 2 is 0.529 bits per heavy atom. The molecule has 12 aromatic carbocycles. The number of hydrogen-bond donors (Lipinski definition) is 5. The second-order valence-corrected chi connectivity index (χ2v) is 43.3. The van der Waals surface area contributed by atoms with E-state index in [1.807, 2.05) is 103 Å². The summed E-state index contributed by atoms with van der Waals surface area (Å²) in [7, 11) is -3.52. The first kappa shape index (κ1) is 112. The first-order valence-electron chi connectivity index (χ1n) is 44.9. The van der Waals surface area contributed by atoms with Crippen molar-refractivity contribution in [2.24, 2.45) is 0 Å². The van der Waals surface area contributed by atoms with E-state index in [0.717, 1.165) is 92.1 Å². The van der Waals surface area contributed by atoms with Crippen LogP contribution in [0.15, 0.2) is 329 Å². The molecule has 5 N–H and O–H groups in total. The fourth-order valence-electron chi connectivity index (χ4n) is 11.0. The molecule has 0 aliphatic carbocycles. The Balaban J connectivity index is 0.000000259. The van der Waals surface area contributed by atoms with Crippen LogP contribution in [0.4, 0.5) is 0 Å². The van der Waals surface area contributed by atoms with Gasteiger partial charge in [-0.05, 0) is 341 Å². The summed E-state index contributed by atoms with van der Waals surface area (Å²) in [5.41, 5.74) is 5.19. The van der Waals surface area contributed by atoms with Crippen molar-refractivity contribution in [3.05, 3.63) is 384 Å². The van der Waals surface area contributed by atoms with E-state index in [2.05, 4.69) is 93.0 Å². The highest BCUT2D eigenvalue weighted by atomic mass is 28.4. The van der Waals surface area contributed by atoms with Gasteiger partial charge < -0.3 is 77.0 Å². The average molecular weight is 1930 g/mol. The highest BCUT2D eigenvalue weighted by Crippen LogP contribution is 2.39. The molecule has 0 aliphatic heterocycles. The Morgan fingerprint density at radius 1 is 0.300 bits per heavy atom. The van der Waals surface area contributed by atoms with Crippen LogP contribution in [-0.4, -0.2) is 110 Å². The quantitative estimate of drug-likeness (QED) is 0.00800. The lowest BCUT2D eigenvalue weighted by Crippen LogP contribution is -2.43. The van der Waals surface area contributed by atoms with Crippen molar-refractivity contribution < 1.29 is 111 Å². The van der Waals surface area contributed by atoms with Gasteiger partial charge in [-0.1, -0.05) is 115 Å². The van der Waals surface area contributed by atoms with Crippen molar-refractivity contribution in [1.82, 2.24) is 0 Å². The number of ether oxygens (including phenoxy) is 9. The number of nitriles is 3. The molecule has 0 spiro atoms. The molecule has 0 radical (unpaired) electrons. The van der Waals surface area contributed by atoms with Crippen molar-refractivity contribution >= 4 is 58.4 Å². The summed E-state index contributed by atoms with van der Waals surface area (Å²) in [6.07, 6.45) is 9.51. The molecule has 0 atom stereocenters. The van der Waals surface area contributed by atoms with E-state index in [1.54, 1.807) is 84.9 Å². The van der Waals surface area contributed by atoms with Crippen molar-refractivity contribution in [3.8, 4) is 87.2 Å². The number of aromatic carboxylic acids is 2. The van der Waals surface area contributed by atoms with Crippen molar-refractivity contribution in [2.45, 2.75) is 142 Å². The van der Waals surface area contributed by atoms with Gasteiger partial charge in [0.1, 0.15) is 82.2 Å². The molecule has 0 aliphatic rings. The minimum atomic E-state index is -1.78. The number of phenols is 3. The number of nitrogens with zero attached hydrogens (tertiary/aromatic N) is 3. The molecule has 0 fully saturated rings. The van der Waals surface area contributed by atoms with Crippen LogP contribution in [-0.2, 0) is 32.3 Å². The third kappa shape index (κ3) is 43.5. The molecular weight excluding hydrogens is 1810 g/mol. The molecule has 140 heavy (non-hydrogen) atoms. The van der Waals surface area contributed by atoms with Crippen molar-refractivity contribution in [3.63, 3.8) is 0 Å². The lowest BCUT2D eigenvalue weighted by atomic mass is 10.1. The third-order valence-electron chi connectivity index (χ3n) is 21.0. The zero-order valence-corrected chi connectivity index (χ0v) is 82.3. The minimum Gasteiger partial charge on any atom is -0.543 e. The van der Waals surface area contributed by atoms with Crippen LogP contribution in [0.1, 0.15) is 173 Å². The summed E-state index contributed by atoms with van der Waals surface area (Å²) < 4.78 is 60.5. The average Bonchev–Trinajstić information content (AvgIpc) is 0.824. The molecule has 0 saturated carbocycles. The number of carboxylic acids is 2. The number of hydrogen-bond acceptors (Lipinski definition) is 24. The Labute approximate surface area is 820 Å². The van der Waals surface area contributed by atoms with Gasteiger partial charge in [0, 0.05) is 12.2 Å². The molecule has 12 aromatic rings. The zero-order chi connectivity index (χ0) is 102. The van der Waals surface area contributed by atoms with Crippen LogP contribution < -0.4 is 42.0 Å². The summed E-state index contributed by atoms with van der Waals surface area (Å²) in [5, 5.41) is 70.8. The van der Waals surface area contributed by atoms with Gasteiger partial charge in [0.15, 0.2) is 0 Å². The number of unbranched alkanes of at least 4 members (excludes halogenated alkanes) is 6. The summed E-state index contributed by atoms with van der Waals surface area (Å²) in [4.78, 5) is 79.2. The number of carboxylic acid groups (broad SMARTS) is 2. The van der Waals surface area contributed by atoms with Gasteiger partial charge in [0.2, 0.25) is 16.6 Å². The van der Waals surface area contributed by atoms with Crippen LogP contribution >= 0.6 is 0 Å². The second kappa shape index (κ2) is 59.4. The van der Waals surface area contributed by atoms with Crippen LogP contribution in [0.3, 0.4) is 0 Å². The molecule has 28 heteroatoms. The van der Waals surface area contributed by atoms with Gasteiger partial charge >= 0.3 is 41.8 Å². The highest BCUT2D eigenvalue weighted by molar-refractivity contribution is 6.75. The van der Waals surface area contributed by atoms with Crippen LogP contribution in [0, 0.1) is 34.0 Å². The van der Waals surface area contributed by atoms with Gasteiger partial charge in [-0.15, -0.1) is 0 Å². The summed E-state index contributed by atoms with van der Waals surface area (Å²) in [5.74, 6) is 1.97. The Bertz CT molecular complexity index is 5960. The maximum Gasteiger partial charge on any atom is 0.343 e. The zero-order valence-electron chi connectivity index (χ0n) is 80.3. The Kier molecular flexibility index (Phi) is 47.6. The van der Waals surface area contributed by atoms with Crippen LogP contribution in [0.25, 0.3) is 0 Å². The van der Waals surface area contributed by atoms with Gasteiger partial charge in [-0.25, -0.2) is 33.6 Å². The smallest absolute Gasteiger partial charge is 0.343 e. The first-order valence-corrected chi connectivity index (χ1v) is 50.7. The largest absolute Gasteiger partial charge is 0.543 e. The lowest BCUT2D eigenvalue weighted by molar-refractivity contribution is -0.138. The number of phenolic OH excluding ortho intramolecular Hbond substituents is 3. The van der Waals surface area contributed by atoms with Gasteiger partial charge in [-0.2, -0.15) is 15.8 Å². The third-order valence-corrected chi connectivity index (χ3v) is 29.7. The number of aromatic hydroxyl groups is 3. The van der Waals surface area contributed by atoms with E-state index in [-0.39, 0.29) is 50.2 Å². The fraction of sp³-hybridized carbons (Fsp3) is 0.232. The minimum absolute atomic E-state index is 0.105. The molecular formula is C112H119N3O23Si2. The predicted molar refractivity (Wildman–Crippen MR) is 540 cm³/mol. The molecule has 0 unspecified atom stereocenters. The summed E-state index contributed by atoms with van der Waals surface area (Å²) in [6, 6.07) is 90.6. The summed E-state index contributed by atoms with van der Waals surface area (Å²) >= 11 is 0. The van der Waals surface area contributed by atoms with E-state index in [9.17, 15) is 38.7 Å². The number of carbonyl (C=O) groups is 7. The number of rotatable bonds is 36. The fourth-order valence-corrected chi connectivity index (χ4v) is 13.1. The van der Waals surface area contributed by atoms with Gasteiger partial charge in [0.25, 0.3) is 0 Å². The Morgan fingerprint density at radius 3 is 0.807 bits per heavy atom. The lowest BCUT2D eigenvalue weighted by Gasteiger charge is -2.36. The van der Waals surface area contributed by atoms with Crippen LogP contribution in [0.2, 0.25) is 36.3 Å². The van der Waals surface area contributed by atoms with E-state index in [0.29, 0.717) is 96.0 Å². The maximum atomic E-state index is 12.5. The maximum absolute atomic E-state index is 12.5. The standard InChI is InChI=1S/C30H27NO7.C19H26O2Si.C16H20O5.C14H9NO3.C13H12O2.C12H20O2Si.C8H5NO2/c1-2-28(32)36-20-6-4-3-5-19-35-25-13-11-24(12-14-25)30(34)38-27-17-15-26(16-18-27)37-29(33)23-9-7-22(21-31)8-10-23;1-19(2,3)22(4,5)21-18-13-11-17(12-14-18)20-15-16-9-7-6-8-10-16;1-2-15(17)21-12-6-4-3-5-11-20-14-9-7-13(8-10-14)16(18)19;15-9-10-1-3-11(4-2-10)14(17)18-13-7-5-12(16)6-8-13;14-12-6-8-13(9-7-12)15-10-11-4-2-1-3-5-11;1-12(2,3)15(4,5)14-11-8-6-10(13)7-9-11;9-5-6-1-3-7(4-2-6)8(10)11/h2,7-18H,1,3-6,19-20H2;6-14H,15H2,1-5H3;2,7-10H,1,3-6,11-12H2,(H,18,19);1-8,16H;1-9,14H,10H2;6-9,13H,1-5H3;1-4H,(H,10,11). The first-order chi connectivity index (χ1) is 66.9. The molecule has 0 saturated heterocycles. The number of carbonyl (C=O) groups excluding carboxylic acids is 5. The number of esters is 5. The van der Waals surface area contributed by atoms with E-state index >= 15 is 0 Å². The molecule has 0 heterocycles. The monoisotopic (exact) mass is 1930 g/mol. The van der Waals surface area contributed by atoms with Gasteiger partial charge in [0.05, 0.1) is 89.1 Å². The normalized spacial score (nSPS) is 10.4. The molecule has 26 nitrogen and oxygen atoms in total. The Hall–Kier alpha value is -16.5. The van der Waals surface area contributed by atoms with Crippen molar-refractivity contribution in [2.75, 3.05) is 26.4 Å². The molecule has 0 aromatic heterocycles. The topological polar surface area (TPSA) is 394 Å². The SMILES string of the molecule is C=CC(=O)OCCCCCCOc1ccc(C(=O)O)cc1.C=CC(=O)OCCCCCCOc1ccc(C(=O)Oc2ccc(OC(=O)c3ccc(C#N)cc3)cc2)cc1.CC(C)(C)[Si](C)(C)Oc1ccc(O)cc1.CC(C)(C)[Si](C)(C)Oc1ccc(OCc2ccccc2)cc1.N#Cc1ccc(C(=O)O)cc1.N#Cc1ccc(C(=O)Oc2ccc(O)cc2)cc1.Oc1ccc(OCc2ccccc2)cc1. The predicted octanol–water partition coefficient (Wildman–Crippen LogP) is 24.9. The summed E-state index contributed by atoms with van der Waals surface area (Å²) in [6.45, 7) is 32.0.